The van der Waals surface area contributed by atoms with Crippen LogP contribution in [0, 0.1) is 0 Å². The van der Waals surface area contributed by atoms with Crippen LogP contribution in [0.25, 0.3) is 11.3 Å². The van der Waals surface area contributed by atoms with Crippen molar-refractivity contribution in [2.24, 2.45) is 0 Å². The minimum atomic E-state index is -0.477. The number of amides is 3. The SMILES string of the molecule is CCCCOc1ccc(-c2csc(NC(=O)CN3C(=O)c4ccccc4C3=O)n2)cc1. The number of nitrogens with one attached hydrogen (secondary N) is 1. The van der Waals surface area contributed by atoms with Crippen molar-refractivity contribution in [3.63, 3.8) is 0 Å². The second-order valence-corrected chi connectivity index (χ2v) is 7.91. The normalized spacial score (nSPS) is 12.7. The number of unbranched alkanes of at least 4 members (excludes halogenated alkanes) is 1. The predicted octanol–water partition coefficient (Wildman–Crippen LogP) is 4.22. The first-order chi connectivity index (χ1) is 15.1. The molecule has 0 spiro atoms. The van der Waals surface area contributed by atoms with Gasteiger partial charge in [-0.25, -0.2) is 4.98 Å². The number of ether oxygens (including phenoxy) is 1. The van der Waals surface area contributed by atoms with Crippen LogP contribution in [0.3, 0.4) is 0 Å². The third-order valence-corrected chi connectivity index (χ3v) is 5.60. The Kier molecular flexibility index (Phi) is 6.08. The molecule has 31 heavy (non-hydrogen) atoms. The minimum Gasteiger partial charge on any atom is -0.494 e. The molecule has 7 nitrogen and oxygen atoms in total. The van der Waals surface area contributed by atoms with Gasteiger partial charge in [0.1, 0.15) is 12.3 Å². The summed E-state index contributed by atoms with van der Waals surface area (Å²) in [7, 11) is 0. The van der Waals surface area contributed by atoms with Crippen molar-refractivity contribution in [1.29, 1.82) is 0 Å². The van der Waals surface area contributed by atoms with Crippen molar-refractivity contribution in [3.05, 3.63) is 65.0 Å². The van der Waals surface area contributed by atoms with E-state index in [1.165, 1.54) is 11.3 Å². The van der Waals surface area contributed by atoms with E-state index in [1.807, 2.05) is 29.6 Å². The van der Waals surface area contributed by atoms with E-state index in [1.54, 1.807) is 24.3 Å². The fraction of sp³-hybridized carbons (Fsp3) is 0.217. The van der Waals surface area contributed by atoms with Crippen LogP contribution in [-0.2, 0) is 4.79 Å². The van der Waals surface area contributed by atoms with Crippen molar-refractivity contribution in [3.8, 4) is 17.0 Å². The molecular weight excluding hydrogens is 414 g/mol. The van der Waals surface area contributed by atoms with Crippen LogP contribution >= 0.6 is 11.3 Å². The Balaban J connectivity index is 1.36. The van der Waals surface area contributed by atoms with Gasteiger partial charge in [0.15, 0.2) is 5.13 Å². The van der Waals surface area contributed by atoms with Gasteiger partial charge in [0.05, 0.1) is 23.4 Å². The zero-order valence-electron chi connectivity index (χ0n) is 17.0. The summed E-state index contributed by atoms with van der Waals surface area (Å²) in [4.78, 5) is 42.6. The molecule has 0 saturated carbocycles. The van der Waals surface area contributed by atoms with Crippen molar-refractivity contribution in [2.45, 2.75) is 19.8 Å². The van der Waals surface area contributed by atoms with Crippen LogP contribution < -0.4 is 10.1 Å². The minimum absolute atomic E-state index is 0.318. The Bertz CT molecular complexity index is 1090. The van der Waals surface area contributed by atoms with Gasteiger partial charge >= 0.3 is 0 Å². The largest absolute Gasteiger partial charge is 0.494 e. The summed E-state index contributed by atoms with van der Waals surface area (Å²) in [6, 6.07) is 14.2. The smallest absolute Gasteiger partial charge is 0.262 e. The Labute approximate surface area is 183 Å². The molecule has 0 bridgehead atoms. The second-order valence-electron chi connectivity index (χ2n) is 7.05. The van der Waals surface area contributed by atoms with Crippen molar-refractivity contribution in [2.75, 3.05) is 18.5 Å². The molecular formula is C23H21N3O4S. The van der Waals surface area contributed by atoms with Gasteiger partial charge in [0, 0.05) is 10.9 Å². The molecule has 0 fully saturated rings. The van der Waals surface area contributed by atoms with Crippen LogP contribution in [0.15, 0.2) is 53.9 Å². The number of aromatic nitrogens is 1. The number of carbonyl (C=O) groups is 3. The van der Waals surface area contributed by atoms with Crippen molar-refractivity contribution in [1.82, 2.24) is 9.88 Å². The third kappa shape index (κ3) is 4.49. The molecule has 2 aromatic carbocycles. The lowest BCUT2D eigenvalue weighted by Crippen LogP contribution is -2.37. The quantitative estimate of drug-likeness (QED) is 0.423. The number of rotatable bonds is 8. The molecule has 0 atom stereocenters. The Hall–Kier alpha value is -3.52. The molecule has 0 aliphatic carbocycles. The molecule has 158 valence electrons. The molecule has 0 unspecified atom stereocenters. The highest BCUT2D eigenvalue weighted by atomic mass is 32.1. The first-order valence-corrected chi connectivity index (χ1v) is 10.9. The summed E-state index contributed by atoms with van der Waals surface area (Å²) < 4.78 is 5.66. The van der Waals surface area contributed by atoms with Gasteiger partial charge in [-0.3, -0.25) is 19.3 Å². The number of fused-ring (bicyclic) bond motifs is 1. The maximum absolute atomic E-state index is 12.4. The molecule has 3 aromatic rings. The van der Waals surface area contributed by atoms with E-state index in [0.717, 1.165) is 34.7 Å². The van der Waals surface area contributed by atoms with E-state index < -0.39 is 17.7 Å². The molecule has 1 aromatic heterocycles. The summed E-state index contributed by atoms with van der Waals surface area (Å²) in [5.74, 6) is -0.592. The predicted molar refractivity (Wildman–Crippen MR) is 118 cm³/mol. The van der Waals surface area contributed by atoms with Gasteiger partial charge in [-0.05, 0) is 42.8 Å². The van der Waals surface area contributed by atoms with E-state index in [-0.39, 0.29) is 6.54 Å². The Morgan fingerprint density at radius 1 is 1.06 bits per heavy atom. The number of nitrogens with zero attached hydrogens (tertiary/aromatic N) is 2. The number of hydrogen-bond acceptors (Lipinski definition) is 6. The Morgan fingerprint density at radius 2 is 1.74 bits per heavy atom. The van der Waals surface area contributed by atoms with Crippen LogP contribution in [-0.4, -0.2) is 40.8 Å². The van der Waals surface area contributed by atoms with E-state index in [2.05, 4.69) is 17.2 Å². The molecule has 3 amide bonds. The van der Waals surface area contributed by atoms with Gasteiger partial charge in [0.2, 0.25) is 5.91 Å². The van der Waals surface area contributed by atoms with Gasteiger partial charge in [-0.1, -0.05) is 25.5 Å². The number of hydrogen-bond donors (Lipinski definition) is 1. The molecule has 4 rings (SSSR count). The lowest BCUT2D eigenvalue weighted by atomic mass is 10.1. The fourth-order valence-electron chi connectivity index (χ4n) is 3.21. The molecule has 0 radical (unpaired) electrons. The lowest BCUT2D eigenvalue weighted by Gasteiger charge is -2.12. The van der Waals surface area contributed by atoms with Gasteiger partial charge in [-0.2, -0.15) is 0 Å². The molecule has 0 saturated heterocycles. The maximum Gasteiger partial charge on any atom is 0.262 e. The Morgan fingerprint density at radius 3 is 2.39 bits per heavy atom. The number of imide groups is 1. The first-order valence-electron chi connectivity index (χ1n) is 10.0. The second kappa shape index (κ2) is 9.09. The first kappa shape index (κ1) is 20.7. The van der Waals surface area contributed by atoms with Gasteiger partial charge in [0.25, 0.3) is 11.8 Å². The molecule has 1 N–H and O–H groups in total. The summed E-state index contributed by atoms with van der Waals surface area (Å²) in [6.45, 7) is 2.45. The highest BCUT2D eigenvalue weighted by Crippen LogP contribution is 2.27. The van der Waals surface area contributed by atoms with Crippen LogP contribution in [0.4, 0.5) is 5.13 Å². The number of thiazole rings is 1. The van der Waals surface area contributed by atoms with Crippen LogP contribution in [0.2, 0.25) is 0 Å². The van der Waals surface area contributed by atoms with Crippen LogP contribution in [0.1, 0.15) is 40.5 Å². The summed E-state index contributed by atoms with van der Waals surface area (Å²) in [5, 5.41) is 4.91. The number of anilines is 1. The highest BCUT2D eigenvalue weighted by Gasteiger charge is 2.36. The zero-order valence-corrected chi connectivity index (χ0v) is 17.8. The zero-order chi connectivity index (χ0) is 21.8. The summed E-state index contributed by atoms with van der Waals surface area (Å²) in [5.41, 5.74) is 2.26. The molecule has 1 aliphatic heterocycles. The van der Waals surface area contributed by atoms with E-state index >= 15 is 0 Å². The standard InChI is InChI=1S/C23H21N3O4S/c1-2-3-12-30-16-10-8-15(9-11-16)19-14-31-23(24-19)25-20(27)13-26-21(28)17-6-4-5-7-18(17)22(26)29/h4-11,14H,2-3,12-13H2,1H3,(H,24,25,27). The monoisotopic (exact) mass is 435 g/mol. The fourth-order valence-corrected chi connectivity index (χ4v) is 3.94. The van der Waals surface area contributed by atoms with E-state index in [0.29, 0.717) is 22.9 Å². The number of carbonyl (C=O) groups excluding carboxylic acids is 3. The van der Waals surface area contributed by atoms with Crippen molar-refractivity contribution < 1.29 is 19.1 Å². The average Bonchev–Trinajstić information content (AvgIpc) is 3.34. The summed E-state index contributed by atoms with van der Waals surface area (Å²) >= 11 is 1.28. The van der Waals surface area contributed by atoms with Crippen LogP contribution in [0.5, 0.6) is 5.75 Å². The van der Waals surface area contributed by atoms with E-state index in [9.17, 15) is 14.4 Å². The topological polar surface area (TPSA) is 88.6 Å². The third-order valence-electron chi connectivity index (χ3n) is 4.85. The molecule has 8 heteroatoms. The maximum atomic E-state index is 12.4. The molecule has 2 heterocycles. The van der Waals surface area contributed by atoms with Gasteiger partial charge < -0.3 is 10.1 Å². The van der Waals surface area contributed by atoms with Gasteiger partial charge in [-0.15, -0.1) is 11.3 Å². The summed E-state index contributed by atoms with van der Waals surface area (Å²) in [6.07, 6.45) is 2.09. The number of benzene rings is 2. The lowest BCUT2D eigenvalue weighted by molar-refractivity contribution is -0.116. The van der Waals surface area contributed by atoms with Crippen molar-refractivity contribution >= 4 is 34.2 Å². The highest BCUT2D eigenvalue weighted by molar-refractivity contribution is 7.14. The molecule has 1 aliphatic rings. The average molecular weight is 436 g/mol. The van der Waals surface area contributed by atoms with E-state index in [4.69, 9.17) is 4.74 Å².